The second kappa shape index (κ2) is 8.57. The van der Waals surface area contributed by atoms with Gasteiger partial charge in [-0.2, -0.15) is 0 Å². The number of anilines is 2. The van der Waals surface area contributed by atoms with Gasteiger partial charge in [-0.05, 0) is 44.6 Å². The summed E-state index contributed by atoms with van der Waals surface area (Å²) in [5.74, 6) is -2.88. The van der Waals surface area contributed by atoms with Crippen LogP contribution in [0.3, 0.4) is 0 Å². The first-order chi connectivity index (χ1) is 14.4. The molecule has 3 saturated heterocycles. The Morgan fingerprint density at radius 3 is 2.60 bits per heavy atom. The van der Waals surface area contributed by atoms with Crippen molar-refractivity contribution in [2.45, 2.75) is 44.1 Å². The average Bonchev–Trinajstić information content (AvgIpc) is 3.18. The molecule has 0 bridgehead atoms. The monoisotopic (exact) mass is 421 g/mol. The third-order valence-corrected chi connectivity index (χ3v) is 6.89. The van der Waals surface area contributed by atoms with Gasteiger partial charge in [0.25, 0.3) is 5.92 Å². The number of hydrogen-bond acceptors (Lipinski definition) is 5. The van der Waals surface area contributed by atoms with Crippen LogP contribution in [0.15, 0.2) is 12.3 Å². The molecule has 2 amide bonds. The fourth-order valence-electron chi connectivity index (χ4n) is 5.11. The van der Waals surface area contributed by atoms with Crippen LogP contribution in [-0.2, 0) is 9.59 Å². The highest BCUT2D eigenvalue weighted by atomic mass is 19.3. The molecule has 30 heavy (non-hydrogen) atoms. The molecule has 0 aliphatic carbocycles. The van der Waals surface area contributed by atoms with Crippen molar-refractivity contribution in [3.63, 3.8) is 0 Å². The minimum atomic E-state index is -2.60. The molecule has 0 radical (unpaired) electrons. The van der Waals surface area contributed by atoms with Crippen molar-refractivity contribution in [2.24, 2.45) is 11.8 Å². The summed E-state index contributed by atoms with van der Waals surface area (Å²) in [5.41, 5.74) is 0.996. The predicted octanol–water partition coefficient (Wildman–Crippen LogP) is 0.996. The van der Waals surface area contributed by atoms with Crippen molar-refractivity contribution in [3.8, 4) is 0 Å². The lowest BCUT2D eigenvalue weighted by Gasteiger charge is -2.44. The van der Waals surface area contributed by atoms with Gasteiger partial charge >= 0.3 is 0 Å². The molecule has 0 saturated carbocycles. The fourth-order valence-corrected chi connectivity index (χ4v) is 5.11. The van der Waals surface area contributed by atoms with Gasteiger partial charge in [0, 0.05) is 37.7 Å². The third kappa shape index (κ3) is 4.48. The lowest BCUT2D eigenvalue weighted by atomic mass is 9.76. The highest BCUT2D eigenvalue weighted by Crippen LogP contribution is 2.42. The second-order valence-electron chi connectivity index (χ2n) is 8.77. The number of carbonyl (C=O) groups is 2. The summed E-state index contributed by atoms with van der Waals surface area (Å²) in [6.45, 7) is 2.17. The zero-order chi connectivity index (χ0) is 21.3. The second-order valence-corrected chi connectivity index (χ2v) is 8.77. The Labute approximate surface area is 176 Å². The zero-order valence-corrected chi connectivity index (χ0v) is 17.4. The van der Waals surface area contributed by atoms with Crippen LogP contribution >= 0.6 is 0 Å². The van der Waals surface area contributed by atoms with E-state index < -0.39 is 17.9 Å². The van der Waals surface area contributed by atoms with E-state index in [2.05, 4.69) is 20.5 Å². The molecule has 1 aromatic heterocycles. The van der Waals surface area contributed by atoms with Gasteiger partial charge in [0.05, 0.1) is 12.2 Å². The predicted molar refractivity (Wildman–Crippen MR) is 114 cm³/mol. The van der Waals surface area contributed by atoms with Gasteiger partial charge in [-0.1, -0.05) is 0 Å². The maximum absolute atomic E-state index is 14.7. The minimum absolute atomic E-state index is 0.0651. The fraction of sp³-hybridized carbons (Fsp3) is 0.700. The van der Waals surface area contributed by atoms with E-state index in [1.54, 1.807) is 0 Å². The van der Waals surface area contributed by atoms with Crippen LogP contribution in [0.4, 0.5) is 20.3 Å². The molecule has 0 aromatic carbocycles. The molecular formula is C20H30BF2N5O2. The summed E-state index contributed by atoms with van der Waals surface area (Å²) in [6, 6.07) is 1.51. The van der Waals surface area contributed by atoms with Crippen molar-refractivity contribution < 1.29 is 18.4 Å². The maximum atomic E-state index is 14.7. The first-order valence-electron chi connectivity index (χ1n) is 11.0. The van der Waals surface area contributed by atoms with Gasteiger partial charge in [-0.25, -0.2) is 8.78 Å². The lowest BCUT2D eigenvalue weighted by Crippen LogP contribution is -2.52. The van der Waals surface area contributed by atoms with Crippen LogP contribution in [0.2, 0.25) is 0 Å². The number of halogens is 2. The quantitative estimate of drug-likeness (QED) is 0.488. The Bertz CT molecular complexity index is 781. The molecule has 3 N–H and O–H groups in total. The summed E-state index contributed by atoms with van der Waals surface area (Å²) in [5, 5.41) is 5.48. The summed E-state index contributed by atoms with van der Waals surface area (Å²) in [6.07, 6.45) is 5.48. The number of nitrogens with zero attached hydrogens (tertiary/aromatic N) is 2. The van der Waals surface area contributed by atoms with Gasteiger partial charge in [0.1, 0.15) is 19.7 Å². The summed E-state index contributed by atoms with van der Waals surface area (Å²) >= 11 is 0. The van der Waals surface area contributed by atoms with Gasteiger partial charge in [0.2, 0.25) is 11.8 Å². The Morgan fingerprint density at radius 2 is 1.93 bits per heavy atom. The number of carbonyl (C=O) groups excluding carboxylic acids is 2. The minimum Gasteiger partial charge on any atom is -0.370 e. The van der Waals surface area contributed by atoms with Crippen molar-refractivity contribution in [3.05, 3.63) is 12.3 Å². The van der Waals surface area contributed by atoms with E-state index in [9.17, 15) is 18.4 Å². The number of hydrogen-bond donors (Lipinski definition) is 3. The summed E-state index contributed by atoms with van der Waals surface area (Å²) in [7, 11) is 1.94. The van der Waals surface area contributed by atoms with E-state index in [-0.39, 0.29) is 24.3 Å². The molecule has 3 fully saturated rings. The standard InChI is InChI=1S/C20H30BF2N5O2/c21-12-27-6-5-15(20(22,23)11-27)13-3-7-28(8-4-13)14-9-17(24-10-14)25-16-1-2-18(29)26-19(16)30/h9-10,13,15-16,24-25H,1-8,11-12,21H2,(H,26,29,30). The van der Waals surface area contributed by atoms with Crippen molar-refractivity contribution in [2.75, 3.05) is 42.8 Å². The van der Waals surface area contributed by atoms with Gasteiger partial charge in [-0.3, -0.25) is 14.9 Å². The Morgan fingerprint density at radius 1 is 1.17 bits per heavy atom. The average molecular weight is 421 g/mol. The Kier molecular flexibility index (Phi) is 6.04. The van der Waals surface area contributed by atoms with Crippen LogP contribution in [0, 0.1) is 11.8 Å². The van der Waals surface area contributed by atoms with Gasteiger partial charge < -0.3 is 20.1 Å². The van der Waals surface area contributed by atoms with Crippen molar-refractivity contribution in [1.82, 2.24) is 15.2 Å². The van der Waals surface area contributed by atoms with Crippen LogP contribution in [0.25, 0.3) is 0 Å². The number of alkyl halides is 2. The Balaban J connectivity index is 1.31. The SMILES string of the molecule is BCN1CCC(C2CCN(c3c[nH]c(NC4CCC(=O)NC4=O)c3)CC2)C(F)(F)C1. The number of imide groups is 1. The first-order valence-corrected chi connectivity index (χ1v) is 11.0. The molecule has 2 unspecified atom stereocenters. The molecule has 3 aliphatic rings. The molecule has 164 valence electrons. The number of nitrogens with one attached hydrogen (secondary N) is 3. The lowest BCUT2D eigenvalue weighted by molar-refractivity contribution is -0.133. The number of aromatic nitrogens is 1. The number of rotatable bonds is 5. The number of amides is 2. The van der Waals surface area contributed by atoms with Crippen molar-refractivity contribution >= 4 is 31.2 Å². The van der Waals surface area contributed by atoms with Crippen LogP contribution < -0.4 is 15.5 Å². The maximum Gasteiger partial charge on any atom is 0.263 e. The molecule has 1 aromatic rings. The van der Waals surface area contributed by atoms with E-state index in [1.165, 1.54) is 0 Å². The number of likely N-dealkylation sites (tertiary alicyclic amines) is 1. The number of H-pyrrole nitrogens is 1. The molecule has 0 spiro atoms. The molecule has 4 heterocycles. The van der Waals surface area contributed by atoms with Gasteiger partial charge in [0.15, 0.2) is 0 Å². The van der Waals surface area contributed by atoms with Gasteiger partial charge in [-0.15, -0.1) is 0 Å². The van der Waals surface area contributed by atoms with E-state index in [0.717, 1.165) is 44.0 Å². The van der Waals surface area contributed by atoms with E-state index >= 15 is 0 Å². The smallest absolute Gasteiger partial charge is 0.263 e. The molecule has 7 nitrogen and oxygen atoms in total. The molecule has 10 heteroatoms. The first kappa shape index (κ1) is 21.1. The third-order valence-electron chi connectivity index (χ3n) is 6.89. The highest BCUT2D eigenvalue weighted by Gasteiger charge is 2.48. The summed E-state index contributed by atoms with van der Waals surface area (Å²) in [4.78, 5) is 30.4. The van der Waals surface area contributed by atoms with Crippen molar-refractivity contribution in [1.29, 1.82) is 0 Å². The van der Waals surface area contributed by atoms with Crippen LogP contribution in [0.5, 0.6) is 0 Å². The zero-order valence-electron chi connectivity index (χ0n) is 17.4. The van der Waals surface area contributed by atoms with E-state index in [1.807, 2.05) is 25.0 Å². The molecule has 2 atom stereocenters. The van der Waals surface area contributed by atoms with E-state index in [4.69, 9.17) is 0 Å². The topological polar surface area (TPSA) is 80.5 Å². The molecule has 4 rings (SSSR count). The Hall–Kier alpha value is -2.10. The number of aromatic amines is 1. The van der Waals surface area contributed by atoms with Crippen LogP contribution in [0.1, 0.15) is 32.1 Å². The highest BCUT2D eigenvalue weighted by molar-refractivity contribution is 6.08. The number of piperidine rings is 3. The summed E-state index contributed by atoms with van der Waals surface area (Å²) < 4.78 is 29.3. The molecular weight excluding hydrogens is 391 g/mol. The van der Waals surface area contributed by atoms with E-state index in [0.29, 0.717) is 25.7 Å². The largest absolute Gasteiger partial charge is 0.370 e. The molecule has 3 aliphatic heterocycles. The van der Waals surface area contributed by atoms with Crippen LogP contribution in [-0.4, -0.2) is 74.1 Å². The normalized spacial score (nSPS) is 28.4.